The normalized spacial score (nSPS) is 9.25. The van der Waals surface area contributed by atoms with Gasteiger partial charge >= 0.3 is 12.0 Å². The van der Waals surface area contributed by atoms with Gasteiger partial charge in [-0.05, 0) is 12.1 Å². The highest BCUT2D eigenvalue weighted by atomic mass is 16.7. The van der Waals surface area contributed by atoms with E-state index in [9.17, 15) is 19.7 Å². The lowest BCUT2D eigenvalue weighted by atomic mass is 10.2. The van der Waals surface area contributed by atoms with Crippen LogP contribution in [-0.2, 0) is 0 Å². The quantitative estimate of drug-likeness (QED) is 0.516. The molecule has 1 aromatic carbocycles. The maximum absolute atomic E-state index is 10.9. The molecular formula is C8H7N3O5. The fourth-order valence-electron chi connectivity index (χ4n) is 1.01. The van der Waals surface area contributed by atoms with Crippen LogP contribution < -0.4 is 10.7 Å². The molecule has 0 radical (unpaired) electrons. The SMILES string of the molecule is O=C(Nc1ccccc1C(=O)O)N[N+](=O)[O-]. The highest BCUT2D eigenvalue weighted by molar-refractivity contribution is 5.99. The summed E-state index contributed by atoms with van der Waals surface area (Å²) >= 11 is 0. The monoisotopic (exact) mass is 225 g/mol. The van der Waals surface area contributed by atoms with Gasteiger partial charge in [-0.15, -0.1) is 0 Å². The van der Waals surface area contributed by atoms with E-state index >= 15 is 0 Å². The Morgan fingerprint density at radius 3 is 2.50 bits per heavy atom. The van der Waals surface area contributed by atoms with Gasteiger partial charge in [0.05, 0.1) is 11.3 Å². The Labute approximate surface area is 89.0 Å². The molecule has 0 saturated carbocycles. The van der Waals surface area contributed by atoms with Crippen LogP contribution in [0.3, 0.4) is 0 Å². The first kappa shape index (κ1) is 11.4. The number of benzene rings is 1. The summed E-state index contributed by atoms with van der Waals surface area (Å²) in [6, 6.07) is 4.44. The van der Waals surface area contributed by atoms with Crippen LogP contribution in [-0.4, -0.2) is 22.1 Å². The molecular weight excluding hydrogens is 218 g/mol. The van der Waals surface area contributed by atoms with Gasteiger partial charge in [-0.25, -0.2) is 19.7 Å². The number of aromatic carboxylic acids is 1. The fraction of sp³-hybridized carbons (Fsp3) is 0. The largest absolute Gasteiger partial charge is 0.478 e. The molecule has 0 unspecified atom stereocenters. The van der Waals surface area contributed by atoms with Gasteiger partial charge in [0.25, 0.3) is 0 Å². The molecule has 8 nitrogen and oxygen atoms in total. The number of carboxylic acids is 1. The van der Waals surface area contributed by atoms with Crippen molar-refractivity contribution in [2.24, 2.45) is 0 Å². The van der Waals surface area contributed by atoms with E-state index in [1.165, 1.54) is 29.7 Å². The van der Waals surface area contributed by atoms with E-state index in [1.807, 2.05) is 0 Å². The zero-order chi connectivity index (χ0) is 12.1. The van der Waals surface area contributed by atoms with Gasteiger partial charge in [0, 0.05) is 0 Å². The molecule has 0 aromatic heterocycles. The molecule has 84 valence electrons. The number of rotatable bonds is 3. The topological polar surface area (TPSA) is 122 Å². The molecule has 0 bridgehead atoms. The molecule has 0 aliphatic rings. The van der Waals surface area contributed by atoms with E-state index in [4.69, 9.17) is 5.11 Å². The van der Waals surface area contributed by atoms with Gasteiger partial charge in [-0.2, -0.15) is 0 Å². The van der Waals surface area contributed by atoms with Crippen LogP contribution in [0, 0.1) is 10.1 Å². The molecule has 0 aliphatic heterocycles. The van der Waals surface area contributed by atoms with Crippen molar-refractivity contribution in [2.45, 2.75) is 0 Å². The lowest BCUT2D eigenvalue weighted by molar-refractivity contribution is -0.527. The minimum atomic E-state index is -1.24. The second kappa shape index (κ2) is 4.73. The molecule has 1 aromatic rings. The lowest BCUT2D eigenvalue weighted by Gasteiger charge is -2.05. The summed E-state index contributed by atoms with van der Waals surface area (Å²) in [5.41, 5.74) is 1.17. The number of nitrogens with zero attached hydrogens (tertiary/aromatic N) is 1. The highest BCUT2D eigenvalue weighted by Gasteiger charge is 2.13. The van der Waals surface area contributed by atoms with E-state index in [0.717, 1.165) is 0 Å². The maximum Gasteiger partial charge on any atom is 0.377 e. The highest BCUT2D eigenvalue weighted by Crippen LogP contribution is 2.14. The Balaban J connectivity index is 2.84. The number of para-hydroxylation sites is 1. The standard InChI is InChI=1S/C8H7N3O5/c12-7(13)5-3-1-2-4-6(5)9-8(14)10-11(15)16/h1-4H,(H,12,13)(H2,9,10,14). The number of carboxylic acid groups (broad SMARTS) is 1. The molecule has 0 spiro atoms. The summed E-state index contributed by atoms with van der Waals surface area (Å²) in [7, 11) is 0. The van der Waals surface area contributed by atoms with Crippen LogP contribution in [0.2, 0.25) is 0 Å². The Hall–Kier alpha value is -2.64. The molecule has 16 heavy (non-hydrogen) atoms. The van der Waals surface area contributed by atoms with Gasteiger partial charge in [0.2, 0.25) is 0 Å². The van der Waals surface area contributed by atoms with Gasteiger partial charge in [-0.3, -0.25) is 0 Å². The van der Waals surface area contributed by atoms with Crippen molar-refractivity contribution in [1.82, 2.24) is 5.43 Å². The van der Waals surface area contributed by atoms with Crippen molar-refractivity contribution in [3.63, 3.8) is 0 Å². The molecule has 0 heterocycles. The van der Waals surface area contributed by atoms with Crippen molar-refractivity contribution in [2.75, 3.05) is 5.32 Å². The van der Waals surface area contributed by atoms with Crippen LogP contribution in [0.4, 0.5) is 10.5 Å². The number of nitrogens with one attached hydrogen (secondary N) is 2. The summed E-state index contributed by atoms with van der Waals surface area (Å²) in [6.07, 6.45) is 0. The van der Waals surface area contributed by atoms with Crippen LogP contribution in [0.5, 0.6) is 0 Å². The van der Waals surface area contributed by atoms with Crippen LogP contribution in [0.1, 0.15) is 10.4 Å². The number of anilines is 1. The number of hydrogen-bond acceptors (Lipinski definition) is 4. The van der Waals surface area contributed by atoms with Crippen molar-refractivity contribution in [3.8, 4) is 0 Å². The van der Waals surface area contributed by atoms with E-state index in [-0.39, 0.29) is 11.3 Å². The molecule has 2 amide bonds. The van der Waals surface area contributed by atoms with Gasteiger partial charge in [0.15, 0.2) is 5.03 Å². The number of carbonyl (C=O) groups is 2. The molecule has 0 saturated heterocycles. The third kappa shape index (κ3) is 2.94. The van der Waals surface area contributed by atoms with Gasteiger partial charge < -0.3 is 10.4 Å². The van der Waals surface area contributed by atoms with Crippen molar-refractivity contribution in [3.05, 3.63) is 39.9 Å². The number of nitro groups is 1. The van der Waals surface area contributed by atoms with Gasteiger partial charge in [-0.1, -0.05) is 17.6 Å². The van der Waals surface area contributed by atoms with E-state index in [0.29, 0.717) is 0 Å². The average Bonchev–Trinajstić information content (AvgIpc) is 2.16. The molecule has 0 atom stereocenters. The summed E-state index contributed by atoms with van der Waals surface area (Å²) in [4.78, 5) is 31.6. The Morgan fingerprint density at radius 1 is 1.31 bits per heavy atom. The minimum absolute atomic E-state index is 0.0191. The summed E-state index contributed by atoms with van der Waals surface area (Å²) in [6.45, 7) is 0. The predicted octanol–water partition coefficient (Wildman–Crippen LogP) is 0.698. The molecule has 0 aliphatic carbocycles. The smallest absolute Gasteiger partial charge is 0.377 e. The minimum Gasteiger partial charge on any atom is -0.478 e. The summed E-state index contributed by atoms with van der Waals surface area (Å²) < 4.78 is 0. The van der Waals surface area contributed by atoms with Crippen LogP contribution in [0.15, 0.2) is 24.3 Å². The second-order valence-electron chi connectivity index (χ2n) is 2.67. The Bertz CT molecular complexity index is 445. The van der Waals surface area contributed by atoms with Crippen molar-refractivity contribution in [1.29, 1.82) is 0 Å². The number of hydrogen-bond donors (Lipinski definition) is 3. The summed E-state index contributed by atoms with van der Waals surface area (Å²) in [5, 5.41) is 19.7. The third-order valence-corrected chi connectivity index (χ3v) is 1.60. The van der Waals surface area contributed by atoms with Gasteiger partial charge in [0.1, 0.15) is 0 Å². The number of urea groups is 1. The van der Waals surface area contributed by atoms with Crippen molar-refractivity contribution < 1.29 is 19.7 Å². The predicted molar refractivity (Wildman–Crippen MR) is 52.6 cm³/mol. The zero-order valence-electron chi connectivity index (χ0n) is 7.84. The maximum atomic E-state index is 10.9. The molecule has 0 fully saturated rings. The number of carbonyl (C=O) groups excluding carboxylic acids is 1. The second-order valence-corrected chi connectivity index (χ2v) is 2.67. The Morgan fingerprint density at radius 2 is 1.94 bits per heavy atom. The van der Waals surface area contributed by atoms with E-state index in [2.05, 4.69) is 5.32 Å². The average molecular weight is 225 g/mol. The lowest BCUT2D eigenvalue weighted by Crippen LogP contribution is -2.33. The third-order valence-electron chi connectivity index (χ3n) is 1.60. The van der Waals surface area contributed by atoms with E-state index < -0.39 is 17.0 Å². The first-order valence-electron chi connectivity index (χ1n) is 4.05. The van der Waals surface area contributed by atoms with Crippen molar-refractivity contribution >= 4 is 17.7 Å². The van der Waals surface area contributed by atoms with Crippen LogP contribution >= 0.6 is 0 Å². The number of amides is 2. The zero-order valence-corrected chi connectivity index (χ0v) is 7.84. The fourth-order valence-corrected chi connectivity index (χ4v) is 1.01. The molecule has 8 heteroatoms. The van der Waals surface area contributed by atoms with E-state index in [1.54, 1.807) is 0 Å². The first-order valence-corrected chi connectivity index (χ1v) is 4.05. The molecule has 3 N–H and O–H groups in total. The molecule has 1 rings (SSSR count). The summed E-state index contributed by atoms with van der Waals surface area (Å²) in [5.74, 6) is -1.24. The Kier molecular flexibility index (Phi) is 3.38. The first-order chi connectivity index (χ1) is 7.50. The number of hydrazine groups is 1. The van der Waals surface area contributed by atoms with Crippen LogP contribution in [0.25, 0.3) is 0 Å².